The van der Waals surface area contributed by atoms with Gasteiger partial charge in [0.25, 0.3) is 5.91 Å². The summed E-state index contributed by atoms with van der Waals surface area (Å²) in [4.78, 5) is 28.5. The Bertz CT molecular complexity index is 811. The van der Waals surface area contributed by atoms with Gasteiger partial charge in [0.15, 0.2) is 6.10 Å². The lowest BCUT2D eigenvalue weighted by Gasteiger charge is -2.25. The fraction of sp³-hybridized carbons (Fsp3) is 0.286. The molecule has 6 heteroatoms. The van der Waals surface area contributed by atoms with Gasteiger partial charge in [-0.1, -0.05) is 18.2 Å². The van der Waals surface area contributed by atoms with Crippen LogP contribution in [0.25, 0.3) is 0 Å². The van der Waals surface area contributed by atoms with E-state index in [-0.39, 0.29) is 18.9 Å². The molecule has 0 aliphatic carbocycles. The molecule has 0 saturated heterocycles. The number of rotatable bonds is 7. The monoisotopic (exact) mass is 365 g/mol. The molecule has 0 saturated carbocycles. The first-order chi connectivity index (χ1) is 12.9. The lowest BCUT2D eigenvalue weighted by atomic mass is 10.2. The summed E-state index contributed by atoms with van der Waals surface area (Å²) in [5.41, 5.74) is 2.00. The van der Waals surface area contributed by atoms with Crippen LogP contribution in [0.1, 0.15) is 23.7 Å². The van der Waals surface area contributed by atoms with Crippen LogP contribution in [0.15, 0.2) is 54.6 Å². The Morgan fingerprint density at radius 1 is 1.04 bits per heavy atom. The highest BCUT2D eigenvalue weighted by atomic mass is 16.5. The van der Waals surface area contributed by atoms with Gasteiger partial charge in [0, 0.05) is 32.0 Å². The second-order valence-corrected chi connectivity index (χ2v) is 6.22. The van der Waals surface area contributed by atoms with Crippen molar-refractivity contribution in [3.8, 4) is 6.07 Å². The minimum atomic E-state index is -0.968. The zero-order valence-electron chi connectivity index (χ0n) is 15.8. The van der Waals surface area contributed by atoms with E-state index >= 15 is 0 Å². The molecule has 2 aromatic carbocycles. The summed E-state index contributed by atoms with van der Waals surface area (Å²) in [6.45, 7) is 1.77. The van der Waals surface area contributed by atoms with Crippen LogP contribution in [0.4, 0.5) is 11.4 Å². The molecule has 6 nitrogen and oxygen atoms in total. The van der Waals surface area contributed by atoms with Crippen molar-refractivity contribution in [3.63, 3.8) is 0 Å². The average molecular weight is 365 g/mol. The number of benzene rings is 2. The molecule has 2 rings (SSSR count). The van der Waals surface area contributed by atoms with Crippen molar-refractivity contribution in [3.05, 3.63) is 60.2 Å². The number of carbonyl (C=O) groups excluding carboxylic acids is 2. The smallest absolute Gasteiger partial charge is 0.338 e. The van der Waals surface area contributed by atoms with E-state index in [1.54, 1.807) is 24.3 Å². The van der Waals surface area contributed by atoms with Crippen LogP contribution in [0, 0.1) is 11.3 Å². The van der Waals surface area contributed by atoms with Crippen LogP contribution in [0.2, 0.25) is 0 Å². The number of nitrogens with zero attached hydrogens (tertiary/aromatic N) is 3. The largest absolute Gasteiger partial charge is 0.449 e. The molecular weight excluding hydrogens is 342 g/mol. The summed E-state index contributed by atoms with van der Waals surface area (Å²) in [5, 5.41) is 8.86. The summed E-state index contributed by atoms with van der Waals surface area (Å²) in [5.74, 6) is -0.927. The maximum Gasteiger partial charge on any atom is 0.338 e. The number of anilines is 2. The quantitative estimate of drug-likeness (QED) is 0.704. The Labute approximate surface area is 159 Å². The number of hydrogen-bond donors (Lipinski definition) is 0. The number of ether oxygens (including phenoxy) is 1. The molecule has 1 atom stereocenters. The van der Waals surface area contributed by atoms with Gasteiger partial charge in [-0.3, -0.25) is 4.79 Å². The van der Waals surface area contributed by atoms with Gasteiger partial charge in [0.2, 0.25) is 0 Å². The van der Waals surface area contributed by atoms with Crippen LogP contribution in [0.5, 0.6) is 0 Å². The Hall–Kier alpha value is -3.33. The molecule has 0 N–H and O–H groups in total. The molecule has 1 unspecified atom stereocenters. The number of carbonyl (C=O) groups is 2. The lowest BCUT2D eigenvalue weighted by molar-refractivity contribution is -0.126. The molecule has 0 aromatic heterocycles. The van der Waals surface area contributed by atoms with Gasteiger partial charge in [0.1, 0.15) is 0 Å². The van der Waals surface area contributed by atoms with Crippen molar-refractivity contribution in [2.75, 3.05) is 30.4 Å². The van der Waals surface area contributed by atoms with Crippen LogP contribution in [-0.4, -0.2) is 38.6 Å². The van der Waals surface area contributed by atoms with Gasteiger partial charge >= 0.3 is 5.97 Å². The Balaban J connectivity index is 2.09. The Kier molecular flexibility index (Phi) is 6.95. The van der Waals surface area contributed by atoms with Crippen molar-refractivity contribution in [2.45, 2.75) is 19.4 Å². The number of amides is 1. The van der Waals surface area contributed by atoms with E-state index in [0.29, 0.717) is 11.3 Å². The summed E-state index contributed by atoms with van der Waals surface area (Å²) < 4.78 is 5.35. The van der Waals surface area contributed by atoms with Crippen molar-refractivity contribution < 1.29 is 14.3 Å². The molecule has 0 radical (unpaired) electrons. The highest BCUT2D eigenvalue weighted by molar-refractivity contribution is 5.99. The van der Waals surface area contributed by atoms with E-state index in [1.165, 1.54) is 11.8 Å². The number of nitriles is 1. The normalized spacial score (nSPS) is 11.2. The van der Waals surface area contributed by atoms with E-state index in [4.69, 9.17) is 10.00 Å². The third-order valence-electron chi connectivity index (χ3n) is 4.03. The summed E-state index contributed by atoms with van der Waals surface area (Å²) in [6, 6.07) is 18.0. The summed E-state index contributed by atoms with van der Waals surface area (Å²) in [6.07, 6.45) is -0.780. The fourth-order valence-corrected chi connectivity index (χ4v) is 2.53. The standard InChI is InChI=1S/C21H23N3O3/c1-16(27-21(26)17-10-12-18(13-11-17)23(2)3)20(25)24(15-7-14-22)19-8-5-4-6-9-19/h4-6,8-13,16H,7,15H2,1-3H3. The van der Waals surface area contributed by atoms with E-state index in [9.17, 15) is 9.59 Å². The first-order valence-corrected chi connectivity index (χ1v) is 8.65. The number of esters is 1. The molecule has 27 heavy (non-hydrogen) atoms. The average Bonchev–Trinajstić information content (AvgIpc) is 2.68. The molecule has 140 valence electrons. The van der Waals surface area contributed by atoms with Gasteiger partial charge in [0.05, 0.1) is 18.1 Å². The van der Waals surface area contributed by atoms with E-state index in [0.717, 1.165) is 5.69 Å². The van der Waals surface area contributed by atoms with Crippen molar-refractivity contribution in [1.29, 1.82) is 5.26 Å². The summed E-state index contributed by atoms with van der Waals surface area (Å²) >= 11 is 0. The van der Waals surface area contributed by atoms with Crippen LogP contribution < -0.4 is 9.80 Å². The predicted octanol–water partition coefficient (Wildman–Crippen LogP) is 3.24. The second kappa shape index (κ2) is 9.39. The van der Waals surface area contributed by atoms with Crippen molar-refractivity contribution >= 4 is 23.3 Å². The maximum atomic E-state index is 12.8. The van der Waals surface area contributed by atoms with Crippen LogP contribution in [0.3, 0.4) is 0 Å². The molecule has 0 heterocycles. The van der Waals surface area contributed by atoms with Crippen LogP contribution >= 0.6 is 0 Å². The van der Waals surface area contributed by atoms with Gasteiger partial charge < -0.3 is 14.5 Å². The van der Waals surface area contributed by atoms with Gasteiger partial charge in [-0.05, 0) is 43.3 Å². The van der Waals surface area contributed by atoms with Crippen molar-refractivity contribution in [2.24, 2.45) is 0 Å². The zero-order chi connectivity index (χ0) is 19.8. The summed E-state index contributed by atoms with van der Waals surface area (Å²) in [7, 11) is 3.82. The molecule has 0 bridgehead atoms. The van der Waals surface area contributed by atoms with Gasteiger partial charge in [-0.2, -0.15) is 5.26 Å². The minimum Gasteiger partial charge on any atom is -0.449 e. The minimum absolute atomic E-state index is 0.188. The number of para-hydroxylation sites is 1. The third kappa shape index (κ3) is 5.32. The lowest BCUT2D eigenvalue weighted by Crippen LogP contribution is -2.40. The molecule has 0 fully saturated rings. The highest BCUT2D eigenvalue weighted by Gasteiger charge is 2.25. The second-order valence-electron chi connectivity index (χ2n) is 6.22. The van der Waals surface area contributed by atoms with Gasteiger partial charge in [-0.25, -0.2) is 4.79 Å². The number of hydrogen-bond acceptors (Lipinski definition) is 5. The van der Waals surface area contributed by atoms with E-state index < -0.39 is 12.1 Å². The fourth-order valence-electron chi connectivity index (χ4n) is 2.53. The SMILES string of the molecule is CC(OC(=O)c1ccc(N(C)C)cc1)C(=O)N(CCC#N)c1ccccc1. The molecule has 1 amide bonds. The topological polar surface area (TPSA) is 73.6 Å². The molecule has 0 aliphatic rings. The third-order valence-corrected chi connectivity index (χ3v) is 4.03. The predicted molar refractivity (Wildman–Crippen MR) is 105 cm³/mol. The molecule has 0 spiro atoms. The van der Waals surface area contributed by atoms with Gasteiger partial charge in [-0.15, -0.1) is 0 Å². The molecule has 0 aliphatic heterocycles. The first kappa shape index (κ1) is 20.0. The van der Waals surface area contributed by atoms with E-state index in [1.807, 2.05) is 55.4 Å². The molecular formula is C21H23N3O3. The highest BCUT2D eigenvalue weighted by Crippen LogP contribution is 2.17. The molecule has 2 aromatic rings. The van der Waals surface area contributed by atoms with Crippen molar-refractivity contribution in [1.82, 2.24) is 0 Å². The van der Waals surface area contributed by atoms with E-state index in [2.05, 4.69) is 0 Å². The Morgan fingerprint density at radius 3 is 2.22 bits per heavy atom. The Morgan fingerprint density at radius 2 is 1.67 bits per heavy atom. The maximum absolute atomic E-state index is 12.8. The first-order valence-electron chi connectivity index (χ1n) is 8.65. The van der Waals surface area contributed by atoms with Crippen LogP contribution in [-0.2, 0) is 9.53 Å². The zero-order valence-corrected chi connectivity index (χ0v) is 15.8.